The minimum Gasteiger partial charge on any atom is -0.493 e. The summed E-state index contributed by atoms with van der Waals surface area (Å²) in [4.78, 5) is 25.5. The van der Waals surface area contributed by atoms with Crippen LogP contribution in [-0.4, -0.2) is 48.6 Å². The standard InChI is InChI=1S/C17H23N3O5/c1-3-25-16-7-14(20(22)23)11(6-15(16)24-2)17(21)19-8-10-4-5-13(18)12(10)9-19/h6-7,10,12-13H,3-5,8-9,18H2,1-2H3. The Hall–Kier alpha value is -2.35. The number of nitro benzene ring substituents is 1. The van der Waals surface area contributed by atoms with Crippen LogP contribution in [0.1, 0.15) is 30.1 Å². The Kier molecular flexibility index (Phi) is 4.80. The first kappa shape index (κ1) is 17.5. The summed E-state index contributed by atoms with van der Waals surface area (Å²) in [5.41, 5.74) is 5.87. The molecule has 2 aliphatic rings. The van der Waals surface area contributed by atoms with E-state index in [9.17, 15) is 14.9 Å². The van der Waals surface area contributed by atoms with Crippen molar-refractivity contribution in [1.29, 1.82) is 0 Å². The number of rotatable bonds is 5. The molecule has 1 heterocycles. The van der Waals surface area contributed by atoms with Crippen LogP contribution in [0.4, 0.5) is 5.69 Å². The average molecular weight is 349 g/mol. The molecule has 8 heteroatoms. The van der Waals surface area contributed by atoms with Gasteiger partial charge in [-0.3, -0.25) is 14.9 Å². The number of fused-ring (bicyclic) bond motifs is 1. The summed E-state index contributed by atoms with van der Waals surface area (Å²) >= 11 is 0. The highest BCUT2D eigenvalue weighted by molar-refractivity contribution is 5.99. The van der Waals surface area contributed by atoms with Crippen LogP contribution in [0, 0.1) is 22.0 Å². The number of carbonyl (C=O) groups excluding carboxylic acids is 1. The van der Waals surface area contributed by atoms with Crippen LogP contribution in [0.2, 0.25) is 0 Å². The fourth-order valence-electron chi connectivity index (χ4n) is 3.94. The zero-order chi connectivity index (χ0) is 18.1. The van der Waals surface area contributed by atoms with E-state index in [0.717, 1.165) is 12.8 Å². The van der Waals surface area contributed by atoms with Crippen molar-refractivity contribution in [2.45, 2.75) is 25.8 Å². The van der Waals surface area contributed by atoms with Gasteiger partial charge in [0, 0.05) is 25.2 Å². The van der Waals surface area contributed by atoms with E-state index >= 15 is 0 Å². The molecule has 136 valence electrons. The summed E-state index contributed by atoms with van der Waals surface area (Å²) < 4.78 is 10.6. The van der Waals surface area contributed by atoms with Gasteiger partial charge in [0.1, 0.15) is 5.56 Å². The van der Waals surface area contributed by atoms with Crippen LogP contribution in [-0.2, 0) is 0 Å². The molecular formula is C17H23N3O5. The van der Waals surface area contributed by atoms with Crippen molar-refractivity contribution in [3.05, 3.63) is 27.8 Å². The third-order valence-corrected chi connectivity index (χ3v) is 5.21. The average Bonchev–Trinajstić information content (AvgIpc) is 3.16. The first-order valence-electron chi connectivity index (χ1n) is 8.50. The second-order valence-corrected chi connectivity index (χ2v) is 6.59. The van der Waals surface area contributed by atoms with E-state index in [-0.39, 0.29) is 34.9 Å². The number of benzene rings is 1. The van der Waals surface area contributed by atoms with Gasteiger partial charge in [-0.2, -0.15) is 0 Å². The molecular weight excluding hydrogens is 326 g/mol. The van der Waals surface area contributed by atoms with Crippen molar-refractivity contribution < 1.29 is 19.2 Å². The summed E-state index contributed by atoms with van der Waals surface area (Å²) in [5.74, 6) is 0.894. The first-order chi connectivity index (χ1) is 12.0. The number of likely N-dealkylation sites (tertiary alicyclic amines) is 1. The van der Waals surface area contributed by atoms with Crippen molar-refractivity contribution in [3.8, 4) is 11.5 Å². The van der Waals surface area contributed by atoms with Crippen molar-refractivity contribution in [2.24, 2.45) is 17.6 Å². The van der Waals surface area contributed by atoms with Gasteiger partial charge in [-0.15, -0.1) is 0 Å². The Morgan fingerprint density at radius 1 is 1.36 bits per heavy atom. The van der Waals surface area contributed by atoms with Gasteiger partial charge >= 0.3 is 0 Å². The molecule has 25 heavy (non-hydrogen) atoms. The molecule has 1 aliphatic heterocycles. The van der Waals surface area contributed by atoms with Crippen LogP contribution in [0.15, 0.2) is 12.1 Å². The quantitative estimate of drug-likeness (QED) is 0.641. The number of hydrogen-bond donors (Lipinski definition) is 1. The number of nitrogens with two attached hydrogens (primary N) is 1. The van der Waals surface area contributed by atoms with Crippen LogP contribution in [0.3, 0.4) is 0 Å². The van der Waals surface area contributed by atoms with E-state index in [2.05, 4.69) is 0 Å². The number of carbonyl (C=O) groups is 1. The van der Waals surface area contributed by atoms with Gasteiger partial charge in [0.2, 0.25) is 0 Å². The van der Waals surface area contributed by atoms with Gasteiger partial charge in [-0.05, 0) is 31.6 Å². The maximum absolute atomic E-state index is 12.9. The van der Waals surface area contributed by atoms with Gasteiger partial charge in [0.15, 0.2) is 11.5 Å². The lowest BCUT2D eigenvalue weighted by Gasteiger charge is -2.19. The first-order valence-corrected chi connectivity index (χ1v) is 8.50. The summed E-state index contributed by atoms with van der Waals surface area (Å²) in [6.45, 7) is 3.27. The Bertz CT molecular complexity index is 693. The molecule has 2 fully saturated rings. The number of methoxy groups -OCH3 is 1. The predicted octanol–water partition coefficient (Wildman–Crippen LogP) is 1.81. The van der Waals surface area contributed by atoms with Gasteiger partial charge in [0.05, 0.1) is 24.7 Å². The number of amides is 1. The zero-order valence-electron chi connectivity index (χ0n) is 14.4. The van der Waals surface area contributed by atoms with Crippen molar-refractivity contribution in [3.63, 3.8) is 0 Å². The van der Waals surface area contributed by atoms with Crippen LogP contribution < -0.4 is 15.2 Å². The van der Waals surface area contributed by atoms with Crippen LogP contribution >= 0.6 is 0 Å². The highest BCUT2D eigenvalue weighted by Gasteiger charge is 2.43. The molecule has 3 unspecified atom stereocenters. The lowest BCUT2D eigenvalue weighted by molar-refractivity contribution is -0.385. The van der Waals surface area contributed by atoms with Crippen molar-refractivity contribution >= 4 is 11.6 Å². The Labute approximate surface area is 146 Å². The highest BCUT2D eigenvalue weighted by atomic mass is 16.6. The van der Waals surface area contributed by atoms with Crippen molar-refractivity contribution in [2.75, 3.05) is 26.8 Å². The third kappa shape index (κ3) is 3.13. The Morgan fingerprint density at radius 2 is 2.12 bits per heavy atom. The Balaban J connectivity index is 1.92. The maximum atomic E-state index is 12.9. The van der Waals surface area contributed by atoms with Crippen molar-refractivity contribution in [1.82, 2.24) is 4.90 Å². The molecule has 0 aromatic heterocycles. The summed E-state index contributed by atoms with van der Waals surface area (Å²) in [6, 6.07) is 2.77. The molecule has 0 radical (unpaired) electrons. The molecule has 8 nitrogen and oxygen atoms in total. The molecule has 3 rings (SSSR count). The molecule has 1 saturated carbocycles. The van der Waals surface area contributed by atoms with E-state index in [4.69, 9.17) is 15.2 Å². The molecule has 0 spiro atoms. The molecule has 1 aromatic carbocycles. The SMILES string of the molecule is CCOc1cc([N+](=O)[O-])c(C(=O)N2CC3CCC(N)C3C2)cc1OC. The molecule has 1 amide bonds. The molecule has 2 N–H and O–H groups in total. The highest BCUT2D eigenvalue weighted by Crippen LogP contribution is 2.40. The van der Waals surface area contributed by atoms with E-state index < -0.39 is 4.92 Å². The van der Waals surface area contributed by atoms with Gasteiger partial charge in [-0.1, -0.05) is 0 Å². The topological polar surface area (TPSA) is 108 Å². The predicted molar refractivity (Wildman–Crippen MR) is 90.9 cm³/mol. The van der Waals surface area contributed by atoms with Crippen LogP contribution in [0.25, 0.3) is 0 Å². The number of ether oxygens (including phenoxy) is 2. The minimum absolute atomic E-state index is 0.0267. The van der Waals surface area contributed by atoms with Gasteiger partial charge in [-0.25, -0.2) is 0 Å². The zero-order valence-corrected chi connectivity index (χ0v) is 14.4. The van der Waals surface area contributed by atoms with E-state index in [0.29, 0.717) is 31.4 Å². The second kappa shape index (κ2) is 6.87. The number of hydrogen-bond acceptors (Lipinski definition) is 6. The molecule has 3 atom stereocenters. The lowest BCUT2D eigenvalue weighted by atomic mass is 9.98. The largest absolute Gasteiger partial charge is 0.493 e. The Morgan fingerprint density at radius 3 is 2.72 bits per heavy atom. The second-order valence-electron chi connectivity index (χ2n) is 6.59. The van der Waals surface area contributed by atoms with E-state index in [1.807, 2.05) is 0 Å². The van der Waals surface area contributed by atoms with Gasteiger partial charge < -0.3 is 20.1 Å². The number of nitrogens with zero attached hydrogens (tertiary/aromatic N) is 2. The van der Waals surface area contributed by atoms with E-state index in [1.165, 1.54) is 19.2 Å². The van der Waals surface area contributed by atoms with Crippen LogP contribution in [0.5, 0.6) is 11.5 Å². The summed E-state index contributed by atoms with van der Waals surface area (Å²) in [5, 5.41) is 11.5. The molecule has 1 aromatic rings. The molecule has 0 bridgehead atoms. The number of nitro groups is 1. The van der Waals surface area contributed by atoms with Gasteiger partial charge in [0.25, 0.3) is 11.6 Å². The fourth-order valence-corrected chi connectivity index (χ4v) is 3.94. The minimum atomic E-state index is -0.558. The molecule has 1 aliphatic carbocycles. The summed E-state index contributed by atoms with van der Waals surface area (Å²) in [7, 11) is 1.44. The summed E-state index contributed by atoms with van der Waals surface area (Å²) in [6.07, 6.45) is 1.98. The lowest BCUT2D eigenvalue weighted by Crippen LogP contribution is -2.33. The fraction of sp³-hybridized carbons (Fsp3) is 0.588. The molecule has 1 saturated heterocycles. The van der Waals surface area contributed by atoms with E-state index in [1.54, 1.807) is 11.8 Å². The smallest absolute Gasteiger partial charge is 0.286 e. The normalized spacial score (nSPS) is 24.9. The monoisotopic (exact) mass is 349 g/mol. The maximum Gasteiger partial charge on any atom is 0.286 e. The third-order valence-electron chi connectivity index (χ3n) is 5.21.